The van der Waals surface area contributed by atoms with Gasteiger partial charge in [0.2, 0.25) is 17.7 Å². The van der Waals surface area contributed by atoms with E-state index in [2.05, 4.69) is 5.32 Å². The molecule has 0 spiro atoms. The minimum Gasteiger partial charge on any atom is -0.321 e. The summed E-state index contributed by atoms with van der Waals surface area (Å²) in [5, 5.41) is 3.10. The Kier molecular flexibility index (Phi) is 4.85. The van der Waals surface area contributed by atoms with Gasteiger partial charge in [-0.3, -0.25) is 19.7 Å². The molecule has 21 heavy (non-hydrogen) atoms. The van der Waals surface area contributed by atoms with E-state index in [4.69, 9.17) is 23.2 Å². The van der Waals surface area contributed by atoms with E-state index in [1.54, 1.807) is 25.1 Å². The molecule has 1 atom stereocenters. The van der Waals surface area contributed by atoms with Crippen LogP contribution in [0.15, 0.2) is 18.2 Å². The molecule has 2 rings (SSSR count). The van der Waals surface area contributed by atoms with Crippen LogP contribution in [-0.4, -0.2) is 35.2 Å². The third-order valence-corrected chi connectivity index (χ3v) is 3.91. The first kappa shape index (κ1) is 15.8. The topological polar surface area (TPSA) is 66.5 Å². The Balaban J connectivity index is 2.17. The Morgan fingerprint density at radius 1 is 1.38 bits per heavy atom. The maximum absolute atomic E-state index is 12.4. The largest absolute Gasteiger partial charge is 0.321 e. The molecular formula is C14H14Cl2N2O3. The smallest absolute Gasteiger partial charge is 0.249 e. The second-order valence-electron chi connectivity index (χ2n) is 4.77. The van der Waals surface area contributed by atoms with Crippen molar-refractivity contribution < 1.29 is 14.4 Å². The lowest BCUT2D eigenvalue weighted by Crippen LogP contribution is -2.59. The molecule has 1 saturated heterocycles. The Labute approximate surface area is 132 Å². The third kappa shape index (κ3) is 3.54. The van der Waals surface area contributed by atoms with E-state index in [1.165, 1.54) is 4.90 Å². The van der Waals surface area contributed by atoms with Crippen molar-refractivity contribution in [3.63, 3.8) is 0 Å². The summed E-state index contributed by atoms with van der Waals surface area (Å²) in [4.78, 5) is 36.9. The summed E-state index contributed by atoms with van der Waals surface area (Å²) in [6.07, 6.45) is 0.465. The van der Waals surface area contributed by atoms with Crippen molar-refractivity contribution in [3.8, 4) is 0 Å². The number of imide groups is 1. The molecule has 0 aromatic heterocycles. The second-order valence-corrected chi connectivity index (χ2v) is 5.61. The van der Waals surface area contributed by atoms with Gasteiger partial charge in [0.25, 0.3) is 0 Å². The molecule has 7 heteroatoms. The number of nitrogens with one attached hydrogen (secondary N) is 1. The van der Waals surface area contributed by atoms with Gasteiger partial charge in [-0.2, -0.15) is 0 Å². The van der Waals surface area contributed by atoms with Crippen molar-refractivity contribution in [2.75, 3.05) is 6.54 Å². The van der Waals surface area contributed by atoms with Crippen molar-refractivity contribution in [1.29, 1.82) is 0 Å². The quantitative estimate of drug-likeness (QED) is 0.860. The average Bonchev–Trinajstić information content (AvgIpc) is 2.41. The lowest BCUT2D eigenvalue weighted by molar-refractivity contribution is -0.149. The van der Waals surface area contributed by atoms with Crippen molar-refractivity contribution >= 4 is 40.9 Å². The highest BCUT2D eigenvalue weighted by atomic mass is 35.5. The van der Waals surface area contributed by atoms with E-state index < -0.39 is 17.9 Å². The molecule has 0 radical (unpaired) electrons. The van der Waals surface area contributed by atoms with Crippen molar-refractivity contribution in [3.05, 3.63) is 33.8 Å². The van der Waals surface area contributed by atoms with Crippen LogP contribution >= 0.6 is 23.2 Å². The molecule has 1 aliphatic rings. The van der Waals surface area contributed by atoms with Crippen LogP contribution in [0.2, 0.25) is 10.0 Å². The molecule has 1 heterocycles. The van der Waals surface area contributed by atoms with Crippen LogP contribution < -0.4 is 5.32 Å². The van der Waals surface area contributed by atoms with Crippen LogP contribution in [0.4, 0.5) is 0 Å². The molecule has 5 nitrogen and oxygen atoms in total. The first-order valence-electron chi connectivity index (χ1n) is 6.49. The summed E-state index contributed by atoms with van der Waals surface area (Å²) in [5.41, 5.74) is 0.611. The van der Waals surface area contributed by atoms with E-state index >= 15 is 0 Å². The van der Waals surface area contributed by atoms with Crippen LogP contribution in [0, 0.1) is 0 Å². The highest BCUT2D eigenvalue weighted by Gasteiger charge is 2.35. The van der Waals surface area contributed by atoms with Gasteiger partial charge in [-0.15, -0.1) is 0 Å². The van der Waals surface area contributed by atoms with E-state index in [9.17, 15) is 14.4 Å². The fourth-order valence-electron chi connectivity index (χ4n) is 2.26. The number of piperazine rings is 1. The first-order chi connectivity index (χ1) is 9.92. The van der Waals surface area contributed by atoms with Gasteiger partial charge in [0.1, 0.15) is 12.6 Å². The first-order valence-corrected chi connectivity index (χ1v) is 7.25. The SMILES string of the molecule is CCC1C(=O)NC(=O)CN1C(=O)Cc1ccc(Cl)cc1Cl. The molecule has 0 aliphatic carbocycles. The van der Waals surface area contributed by atoms with Crippen molar-refractivity contribution in [1.82, 2.24) is 10.2 Å². The van der Waals surface area contributed by atoms with Gasteiger partial charge >= 0.3 is 0 Å². The summed E-state index contributed by atoms with van der Waals surface area (Å²) < 4.78 is 0. The number of rotatable bonds is 3. The normalized spacial score (nSPS) is 18.6. The molecule has 1 fully saturated rings. The van der Waals surface area contributed by atoms with Gasteiger partial charge in [0, 0.05) is 10.0 Å². The standard InChI is InChI=1S/C14H14Cl2N2O3/c1-2-11-14(21)17-12(19)7-18(11)13(20)5-8-3-4-9(15)6-10(8)16/h3-4,6,11H,2,5,7H2,1H3,(H,17,19,21). The lowest BCUT2D eigenvalue weighted by Gasteiger charge is -2.33. The van der Waals surface area contributed by atoms with Crippen LogP contribution in [0.3, 0.4) is 0 Å². The Morgan fingerprint density at radius 2 is 2.10 bits per heavy atom. The maximum Gasteiger partial charge on any atom is 0.249 e. The van der Waals surface area contributed by atoms with Crippen LogP contribution in [0.1, 0.15) is 18.9 Å². The predicted octanol–water partition coefficient (Wildman–Crippen LogP) is 1.80. The molecule has 1 unspecified atom stereocenters. The zero-order valence-corrected chi connectivity index (χ0v) is 12.9. The molecule has 1 aliphatic heterocycles. The minimum absolute atomic E-state index is 0.0209. The minimum atomic E-state index is -0.624. The molecule has 1 aromatic rings. The fraction of sp³-hybridized carbons (Fsp3) is 0.357. The third-order valence-electron chi connectivity index (χ3n) is 3.32. The average molecular weight is 329 g/mol. The van der Waals surface area contributed by atoms with Crippen molar-refractivity contribution in [2.24, 2.45) is 0 Å². The number of nitrogens with zero attached hydrogens (tertiary/aromatic N) is 1. The maximum atomic E-state index is 12.4. The summed E-state index contributed by atoms with van der Waals surface area (Å²) >= 11 is 11.8. The Hall–Kier alpha value is -1.59. The predicted molar refractivity (Wildman–Crippen MR) is 79.1 cm³/mol. The summed E-state index contributed by atoms with van der Waals surface area (Å²) in [6, 6.07) is 4.23. The highest BCUT2D eigenvalue weighted by Crippen LogP contribution is 2.22. The molecular weight excluding hydrogens is 315 g/mol. The second kappa shape index (κ2) is 6.45. The Morgan fingerprint density at radius 3 is 2.71 bits per heavy atom. The van der Waals surface area contributed by atoms with E-state index in [0.29, 0.717) is 22.0 Å². The van der Waals surface area contributed by atoms with E-state index in [0.717, 1.165) is 0 Å². The number of amides is 3. The van der Waals surface area contributed by atoms with Gasteiger partial charge in [-0.25, -0.2) is 0 Å². The molecule has 112 valence electrons. The summed E-state index contributed by atoms with van der Waals surface area (Å²) in [5.74, 6) is -1.22. The monoisotopic (exact) mass is 328 g/mol. The number of hydrogen-bond acceptors (Lipinski definition) is 3. The molecule has 3 amide bonds. The van der Waals surface area contributed by atoms with Crippen molar-refractivity contribution in [2.45, 2.75) is 25.8 Å². The fourth-order valence-corrected chi connectivity index (χ4v) is 2.74. The number of hydrogen-bond donors (Lipinski definition) is 1. The van der Waals surface area contributed by atoms with Gasteiger partial charge in [0.15, 0.2) is 0 Å². The lowest BCUT2D eigenvalue weighted by atomic mass is 10.1. The molecule has 1 N–H and O–H groups in total. The number of halogens is 2. The summed E-state index contributed by atoms with van der Waals surface area (Å²) in [6.45, 7) is 1.67. The molecule has 0 bridgehead atoms. The zero-order chi connectivity index (χ0) is 15.6. The zero-order valence-electron chi connectivity index (χ0n) is 11.4. The number of benzene rings is 1. The summed E-state index contributed by atoms with van der Waals surface area (Å²) in [7, 11) is 0. The van der Waals surface area contributed by atoms with Gasteiger partial charge < -0.3 is 4.90 Å². The van der Waals surface area contributed by atoms with Gasteiger partial charge in [-0.05, 0) is 24.1 Å². The van der Waals surface area contributed by atoms with Crippen LogP contribution in [0.25, 0.3) is 0 Å². The molecule has 0 saturated carbocycles. The number of carbonyl (C=O) groups excluding carboxylic acids is 3. The Bertz CT molecular complexity index is 604. The van der Waals surface area contributed by atoms with Crippen LogP contribution in [0.5, 0.6) is 0 Å². The van der Waals surface area contributed by atoms with Gasteiger partial charge in [0.05, 0.1) is 6.42 Å². The van der Waals surface area contributed by atoms with E-state index in [1.807, 2.05) is 0 Å². The molecule has 1 aromatic carbocycles. The van der Waals surface area contributed by atoms with E-state index in [-0.39, 0.29) is 18.9 Å². The van der Waals surface area contributed by atoms with Crippen LogP contribution in [-0.2, 0) is 20.8 Å². The highest BCUT2D eigenvalue weighted by molar-refractivity contribution is 6.35. The number of carbonyl (C=O) groups is 3. The van der Waals surface area contributed by atoms with Gasteiger partial charge in [-0.1, -0.05) is 36.2 Å².